The minimum absolute atomic E-state index is 0.122. The van der Waals surface area contributed by atoms with Crippen molar-refractivity contribution in [3.8, 4) is 0 Å². The zero-order chi connectivity index (χ0) is 9.78. The van der Waals surface area contributed by atoms with Crippen molar-refractivity contribution in [3.05, 3.63) is 0 Å². The van der Waals surface area contributed by atoms with Crippen molar-refractivity contribution >= 4 is 0 Å². The molecule has 0 radical (unpaired) electrons. The van der Waals surface area contributed by atoms with Crippen molar-refractivity contribution in [2.24, 2.45) is 5.73 Å². The van der Waals surface area contributed by atoms with E-state index >= 15 is 0 Å². The number of ether oxygens (including phenoxy) is 1. The molecule has 3 nitrogen and oxygen atoms in total. The van der Waals surface area contributed by atoms with Gasteiger partial charge >= 0.3 is 0 Å². The molecule has 74 valence electrons. The Balaban J connectivity index is 4.22. The van der Waals surface area contributed by atoms with Crippen LogP contribution in [0.2, 0.25) is 0 Å². The predicted molar refractivity (Wildman–Crippen MR) is 52.2 cm³/mol. The molecular formula is C9H22N2O. The van der Waals surface area contributed by atoms with E-state index in [1.165, 1.54) is 0 Å². The van der Waals surface area contributed by atoms with E-state index in [1.807, 2.05) is 6.92 Å². The van der Waals surface area contributed by atoms with Crippen LogP contribution in [-0.2, 0) is 4.74 Å². The van der Waals surface area contributed by atoms with Crippen LogP contribution in [0.4, 0.5) is 0 Å². The first-order chi connectivity index (χ1) is 5.46. The molecule has 3 N–H and O–H groups in total. The molecule has 0 heterocycles. The lowest BCUT2D eigenvalue weighted by atomic mass is 9.95. The highest BCUT2D eigenvalue weighted by Crippen LogP contribution is 2.11. The first-order valence-electron chi connectivity index (χ1n) is 4.47. The van der Waals surface area contributed by atoms with E-state index in [4.69, 9.17) is 10.5 Å². The fourth-order valence-corrected chi connectivity index (χ4v) is 1.26. The molecule has 2 unspecified atom stereocenters. The molecule has 12 heavy (non-hydrogen) atoms. The van der Waals surface area contributed by atoms with Crippen molar-refractivity contribution in [2.45, 2.75) is 45.4 Å². The molecule has 0 aromatic carbocycles. The molecule has 0 amide bonds. The largest absolute Gasteiger partial charge is 0.380 e. The molecule has 0 aromatic rings. The van der Waals surface area contributed by atoms with Crippen LogP contribution < -0.4 is 11.1 Å². The molecular weight excluding hydrogens is 152 g/mol. The number of hydrogen-bond acceptors (Lipinski definition) is 3. The second-order valence-electron chi connectivity index (χ2n) is 3.80. The third-order valence-corrected chi connectivity index (χ3v) is 2.29. The number of nitrogens with two attached hydrogens (primary N) is 1. The number of methoxy groups -OCH3 is 1. The van der Waals surface area contributed by atoms with Gasteiger partial charge in [0.05, 0.1) is 11.6 Å². The zero-order valence-corrected chi connectivity index (χ0v) is 8.85. The molecule has 0 rings (SSSR count). The molecule has 0 saturated heterocycles. The van der Waals surface area contributed by atoms with Crippen molar-refractivity contribution in [3.63, 3.8) is 0 Å². The number of nitrogens with one attached hydrogen (secondary N) is 1. The highest BCUT2D eigenvalue weighted by Gasteiger charge is 2.29. The first kappa shape index (κ1) is 11.9. The summed E-state index contributed by atoms with van der Waals surface area (Å²) in [5, 5.41) is 3.41. The van der Waals surface area contributed by atoms with Crippen LogP contribution in [0.25, 0.3) is 0 Å². The fourth-order valence-electron chi connectivity index (χ4n) is 1.26. The third-order valence-electron chi connectivity index (χ3n) is 2.29. The van der Waals surface area contributed by atoms with Crippen LogP contribution in [0.5, 0.6) is 0 Å². The van der Waals surface area contributed by atoms with Crippen molar-refractivity contribution in [2.75, 3.05) is 13.7 Å². The van der Waals surface area contributed by atoms with Gasteiger partial charge in [0, 0.05) is 19.7 Å². The highest BCUT2D eigenvalue weighted by molar-refractivity contribution is 4.91. The van der Waals surface area contributed by atoms with Crippen molar-refractivity contribution < 1.29 is 4.74 Å². The smallest absolute Gasteiger partial charge is 0.0734 e. The third kappa shape index (κ3) is 3.09. The van der Waals surface area contributed by atoms with E-state index < -0.39 is 0 Å². The van der Waals surface area contributed by atoms with E-state index in [-0.39, 0.29) is 11.6 Å². The summed E-state index contributed by atoms with van der Waals surface area (Å²) in [5.74, 6) is 0. The summed E-state index contributed by atoms with van der Waals surface area (Å²) < 4.78 is 5.26. The van der Waals surface area contributed by atoms with Gasteiger partial charge in [-0.15, -0.1) is 0 Å². The average Bonchev–Trinajstić information content (AvgIpc) is 2.01. The van der Waals surface area contributed by atoms with Gasteiger partial charge in [0.15, 0.2) is 0 Å². The summed E-state index contributed by atoms with van der Waals surface area (Å²) >= 11 is 0. The molecule has 0 aliphatic carbocycles. The van der Waals surface area contributed by atoms with Crippen LogP contribution in [0.1, 0.15) is 27.7 Å². The van der Waals surface area contributed by atoms with Crippen LogP contribution in [0.3, 0.4) is 0 Å². The molecule has 0 aromatic heterocycles. The summed E-state index contributed by atoms with van der Waals surface area (Å²) in [6, 6.07) is 0.427. The van der Waals surface area contributed by atoms with Crippen LogP contribution in [-0.4, -0.2) is 31.3 Å². The topological polar surface area (TPSA) is 47.3 Å². The highest BCUT2D eigenvalue weighted by atomic mass is 16.5. The summed E-state index contributed by atoms with van der Waals surface area (Å²) in [7, 11) is 1.71. The lowest BCUT2D eigenvalue weighted by Crippen LogP contribution is -2.58. The minimum Gasteiger partial charge on any atom is -0.380 e. The molecule has 0 bridgehead atoms. The molecule has 0 aliphatic heterocycles. The van der Waals surface area contributed by atoms with E-state index in [2.05, 4.69) is 26.1 Å². The summed E-state index contributed by atoms with van der Waals surface area (Å²) in [6.07, 6.45) is 0.130. The Bertz CT molecular complexity index is 128. The maximum Gasteiger partial charge on any atom is 0.0734 e. The van der Waals surface area contributed by atoms with Gasteiger partial charge in [0.2, 0.25) is 0 Å². The second-order valence-corrected chi connectivity index (χ2v) is 3.80. The average molecular weight is 174 g/mol. The number of hydrogen-bond donors (Lipinski definition) is 2. The first-order valence-corrected chi connectivity index (χ1v) is 4.47. The van der Waals surface area contributed by atoms with Crippen LogP contribution in [0.15, 0.2) is 0 Å². The van der Waals surface area contributed by atoms with Gasteiger partial charge in [-0.1, -0.05) is 13.8 Å². The Hall–Kier alpha value is -0.120. The van der Waals surface area contributed by atoms with Gasteiger partial charge in [0.25, 0.3) is 0 Å². The van der Waals surface area contributed by atoms with Gasteiger partial charge in [-0.2, -0.15) is 0 Å². The molecule has 3 heteroatoms. The van der Waals surface area contributed by atoms with Gasteiger partial charge < -0.3 is 15.8 Å². The van der Waals surface area contributed by atoms with E-state index in [9.17, 15) is 0 Å². The van der Waals surface area contributed by atoms with Crippen molar-refractivity contribution in [1.29, 1.82) is 0 Å². The quantitative estimate of drug-likeness (QED) is 0.646. The fraction of sp³-hybridized carbons (Fsp3) is 1.00. The summed E-state index contributed by atoms with van der Waals surface area (Å²) in [5.41, 5.74) is 5.57. The number of rotatable bonds is 5. The van der Waals surface area contributed by atoms with E-state index in [0.717, 1.165) is 0 Å². The van der Waals surface area contributed by atoms with E-state index in [0.29, 0.717) is 12.6 Å². The lowest BCUT2D eigenvalue weighted by Gasteiger charge is -2.36. The SMILES string of the molecule is COC(C)C(C)(CN)NC(C)C. The molecule has 2 atom stereocenters. The Morgan fingerprint density at radius 3 is 2.17 bits per heavy atom. The zero-order valence-electron chi connectivity index (χ0n) is 8.85. The van der Waals surface area contributed by atoms with Gasteiger partial charge in [-0.3, -0.25) is 0 Å². The summed E-state index contributed by atoms with van der Waals surface area (Å²) in [6.45, 7) is 8.91. The second kappa shape index (κ2) is 4.80. The maximum atomic E-state index is 5.69. The van der Waals surface area contributed by atoms with Crippen LogP contribution in [0, 0.1) is 0 Å². The van der Waals surface area contributed by atoms with Crippen LogP contribution >= 0.6 is 0 Å². The van der Waals surface area contributed by atoms with Gasteiger partial charge in [-0.05, 0) is 13.8 Å². The van der Waals surface area contributed by atoms with E-state index in [1.54, 1.807) is 7.11 Å². The lowest BCUT2D eigenvalue weighted by molar-refractivity contribution is 0.0381. The van der Waals surface area contributed by atoms with Crippen molar-refractivity contribution in [1.82, 2.24) is 5.32 Å². The maximum absolute atomic E-state index is 5.69. The monoisotopic (exact) mass is 174 g/mol. The Kier molecular flexibility index (Phi) is 4.75. The Morgan fingerprint density at radius 1 is 1.42 bits per heavy atom. The van der Waals surface area contributed by atoms with Gasteiger partial charge in [0.1, 0.15) is 0 Å². The Labute approximate surface area is 75.7 Å². The Morgan fingerprint density at radius 2 is 1.92 bits per heavy atom. The summed E-state index contributed by atoms with van der Waals surface area (Å²) in [4.78, 5) is 0. The molecule has 0 aliphatic rings. The van der Waals surface area contributed by atoms with Gasteiger partial charge in [-0.25, -0.2) is 0 Å². The molecule has 0 fully saturated rings. The normalized spacial score (nSPS) is 19.2. The molecule has 0 saturated carbocycles. The standard InChI is InChI=1S/C9H22N2O/c1-7(2)11-9(4,6-10)8(3)12-5/h7-8,11H,6,10H2,1-5H3. The molecule has 0 spiro atoms. The predicted octanol–water partition coefficient (Wildman–Crippen LogP) is 0.737. The minimum atomic E-state index is -0.122.